The molecule has 4 heteroatoms. The summed E-state index contributed by atoms with van der Waals surface area (Å²) >= 11 is 0. The molecule has 0 atom stereocenters. The van der Waals surface area contributed by atoms with Gasteiger partial charge in [0.25, 0.3) is 6.71 Å². The molecule has 0 amide bonds. The molecular weight excluding hydrogens is 1230 g/mol. The first-order chi connectivity index (χ1) is 50.6. The Hall–Kier alpha value is -13.3. The second-order valence-electron chi connectivity index (χ2n) is 27.0. The lowest BCUT2D eigenvalue weighted by molar-refractivity contribution is 1.16. The molecule has 0 bridgehead atoms. The largest absolute Gasteiger partial charge is 0.310 e. The second kappa shape index (κ2) is 24.3. The van der Waals surface area contributed by atoms with Crippen LogP contribution in [0.2, 0.25) is 0 Å². The van der Waals surface area contributed by atoms with Crippen molar-refractivity contribution in [2.24, 2.45) is 0 Å². The Morgan fingerprint density at radius 1 is 0.206 bits per heavy atom. The van der Waals surface area contributed by atoms with Gasteiger partial charge in [-0.1, -0.05) is 328 Å². The fourth-order valence-corrected chi connectivity index (χ4v) is 16.7. The predicted molar refractivity (Wildman–Crippen MR) is 433 cm³/mol. The molecule has 2 aliphatic heterocycles. The maximum absolute atomic E-state index is 2.69. The van der Waals surface area contributed by atoms with E-state index in [1.54, 1.807) is 0 Å². The Bertz CT molecular complexity index is 5780. The standard InChI is InChI=1S/C98H64BN3/c1-9-29-65(30-10-1)75-51-53-88-86(61-75)99-87-62-76(66-31-11-2-12-32-66)52-54-89(87)102(98-84(71-41-21-7-22-42-71)59-78(68-35-15-4-16-36-68)60-85(98)72-43-23-8-24-44-72)93-64-79(100-90-55-49-73-45-25-27-47-80(73)94(90)95-81-48-28-26-46-74(81)50-56-91(95)100)63-92(96(93)99)101(88)97-82(69-37-17-5-18-38-69)57-77(67-33-13-3-14-34-67)58-83(97)70-39-19-6-20-40-70/h1-64H. The third-order valence-corrected chi connectivity index (χ3v) is 21.3. The molecule has 20 rings (SSSR count). The van der Waals surface area contributed by atoms with E-state index in [1.807, 2.05) is 0 Å². The molecule has 0 spiro atoms. The molecule has 0 saturated heterocycles. The normalized spacial score (nSPS) is 12.3. The van der Waals surface area contributed by atoms with Crippen LogP contribution >= 0.6 is 0 Å². The maximum Gasteiger partial charge on any atom is 0.252 e. The van der Waals surface area contributed by atoms with Gasteiger partial charge < -0.3 is 14.4 Å². The fraction of sp³-hybridized carbons (Fsp3) is 0. The van der Waals surface area contributed by atoms with Crippen molar-refractivity contribution in [2.45, 2.75) is 0 Å². The van der Waals surface area contributed by atoms with E-state index in [9.17, 15) is 0 Å². The Labute approximate surface area is 594 Å². The molecule has 0 unspecified atom stereocenters. The molecular formula is C98H64BN3. The van der Waals surface area contributed by atoms with Gasteiger partial charge in [-0.2, -0.15) is 0 Å². The molecule has 0 fully saturated rings. The van der Waals surface area contributed by atoms with Gasteiger partial charge in [0.2, 0.25) is 0 Å². The van der Waals surface area contributed by atoms with Crippen LogP contribution in [0.1, 0.15) is 0 Å². The van der Waals surface area contributed by atoms with E-state index in [1.165, 1.54) is 48.7 Å². The highest BCUT2D eigenvalue weighted by molar-refractivity contribution is 7.00. The van der Waals surface area contributed by atoms with Crippen molar-refractivity contribution < 1.29 is 0 Å². The minimum atomic E-state index is -0.284. The van der Waals surface area contributed by atoms with Crippen LogP contribution in [0.15, 0.2) is 388 Å². The van der Waals surface area contributed by atoms with Gasteiger partial charge in [0, 0.05) is 55.8 Å². The fourth-order valence-electron chi connectivity index (χ4n) is 16.7. The van der Waals surface area contributed by atoms with Crippen LogP contribution in [-0.2, 0) is 0 Å². The van der Waals surface area contributed by atoms with Crippen LogP contribution in [0.25, 0.3) is 138 Å². The minimum Gasteiger partial charge on any atom is -0.310 e. The van der Waals surface area contributed by atoms with Gasteiger partial charge in [-0.25, -0.2) is 0 Å². The smallest absolute Gasteiger partial charge is 0.252 e. The van der Waals surface area contributed by atoms with Crippen molar-refractivity contribution in [3.63, 3.8) is 0 Å². The molecule has 474 valence electrons. The Morgan fingerprint density at radius 2 is 0.500 bits per heavy atom. The van der Waals surface area contributed by atoms with Crippen molar-refractivity contribution in [1.29, 1.82) is 0 Å². The first kappa shape index (κ1) is 58.8. The Kier molecular flexibility index (Phi) is 14.0. The molecule has 0 saturated carbocycles. The average Bonchev–Trinajstić information content (AvgIpc) is 0.854. The lowest BCUT2D eigenvalue weighted by Gasteiger charge is -2.46. The molecule has 102 heavy (non-hydrogen) atoms. The van der Waals surface area contributed by atoms with E-state index < -0.39 is 0 Å². The quantitative estimate of drug-likeness (QED) is 0.120. The summed E-state index contributed by atoms with van der Waals surface area (Å²) in [7, 11) is 0. The van der Waals surface area contributed by atoms with Crippen LogP contribution in [0.4, 0.5) is 34.1 Å². The van der Waals surface area contributed by atoms with Crippen LogP contribution in [0.5, 0.6) is 0 Å². The third-order valence-electron chi connectivity index (χ3n) is 21.3. The number of nitrogens with zero attached hydrogens (tertiary/aromatic N) is 3. The van der Waals surface area contributed by atoms with Gasteiger partial charge in [-0.15, -0.1) is 0 Å². The topological polar surface area (TPSA) is 11.4 Å². The number of benzene rings is 17. The predicted octanol–water partition coefficient (Wildman–Crippen LogP) is 24.5. The lowest BCUT2D eigenvalue weighted by atomic mass is 9.33. The van der Waals surface area contributed by atoms with Crippen molar-refractivity contribution in [2.75, 3.05) is 9.80 Å². The van der Waals surface area contributed by atoms with E-state index in [-0.39, 0.29) is 6.71 Å². The third kappa shape index (κ3) is 9.67. The van der Waals surface area contributed by atoms with Gasteiger partial charge in [0.15, 0.2) is 0 Å². The number of hydrogen-bond acceptors (Lipinski definition) is 2. The molecule has 18 aromatic rings. The number of aromatic nitrogens is 1. The van der Waals surface area contributed by atoms with Crippen LogP contribution in [0.3, 0.4) is 0 Å². The van der Waals surface area contributed by atoms with Crippen LogP contribution in [0, 0.1) is 0 Å². The monoisotopic (exact) mass is 1290 g/mol. The first-order valence-corrected chi connectivity index (χ1v) is 35.3. The molecule has 3 heterocycles. The highest BCUT2D eigenvalue weighted by Gasteiger charge is 2.46. The van der Waals surface area contributed by atoms with E-state index in [2.05, 4.69) is 403 Å². The number of hydrogen-bond donors (Lipinski definition) is 0. The highest BCUT2D eigenvalue weighted by atomic mass is 15.2. The Morgan fingerprint density at radius 3 is 0.833 bits per heavy atom. The molecule has 1 aromatic heterocycles. The highest BCUT2D eigenvalue weighted by Crippen LogP contribution is 2.56. The van der Waals surface area contributed by atoms with Crippen LogP contribution in [-0.4, -0.2) is 11.3 Å². The maximum atomic E-state index is 2.69. The number of fused-ring (bicyclic) bond motifs is 11. The van der Waals surface area contributed by atoms with Crippen molar-refractivity contribution >= 4 is 101 Å². The SMILES string of the molecule is c1ccc(-c2ccc3c(c2)B2c4cc(-c5ccccc5)ccc4N(c4c(-c5ccccc5)cc(-c5ccccc5)cc4-c4ccccc4)c4cc(-n5c6ccc7ccccc7c6c6c7ccccc7ccc65)cc(c42)N3c2c(-c3ccccc3)cc(-c3ccccc3)cc2-c2ccccc2)cc1. The van der Waals surface area contributed by atoms with Crippen LogP contribution < -0.4 is 26.2 Å². The summed E-state index contributed by atoms with van der Waals surface area (Å²) in [6.07, 6.45) is 0. The molecule has 0 N–H and O–H groups in total. The molecule has 17 aromatic carbocycles. The summed E-state index contributed by atoms with van der Waals surface area (Å²) in [6, 6.07) is 145. The van der Waals surface area contributed by atoms with Crippen molar-refractivity contribution in [1.82, 2.24) is 4.57 Å². The van der Waals surface area contributed by atoms with E-state index in [4.69, 9.17) is 0 Å². The summed E-state index contributed by atoms with van der Waals surface area (Å²) in [4.78, 5) is 5.39. The van der Waals surface area contributed by atoms with Gasteiger partial charge in [0.1, 0.15) is 0 Å². The summed E-state index contributed by atoms with van der Waals surface area (Å²) in [6.45, 7) is -0.284. The van der Waals surface area contributed by atoms with E-state index >= 15 is 0 Å². The van der Waals surface area contributed by atoms with E-state index in [0.717, 1.165) is 140 Å². The van der Waals surface area contributed by atoms with Crippen molar-refractivity contribution in [3.05, 3.63) is 388 Å². The van der Waals surface area contributed by atoms with Gasteiger partial charge in [0.05, 0.1) is 28.1 Å². The van der Waals surface area contributed by atoms with Gasteiger partial charge in [-0.3, -0.25) is 0 Å². The zero-order valence-electron chi connectivity index (χ0n) is 55.9. The number of rotatable bonds is 11. The average molecular weight is 1290 g/mol. The lowest BCUT2D eigenvalue weighted by Crippen LogP contribution is -2.61. The zero-order valence-corrected chi connectivity index (χ0v) is 55.9. The summed E-state index contributed by atoms with van der Waals surface area (Å²) in [5, 5.41) is 7.33. The van der Waals surface area contributed by atoms with Gasteiger partial charge >= 0.3 is 0 Å². The number of anilines is 6. The van der Waals surface area contributed by atoms with Crippen molar-refractivity contribution in [3.8, 4) is 94.7 Å². The summed E-state index contributed by atoms with van der Waals surface area (Å²) < 4.78 is 2.59. The van der Waals surface area contributed by atoms with E-state index in [0.29, 0.717) is 0 Å². The van der Waals surface area contributed by atoms with Gasteiger partial charge in [-0.05, 0) is 165 Å². The summed E-state index contributed by atoms with van der Waals surface area (Å²) in [5.41, 5.74) is 31.8. The Balaban J connectivity index is 1.01. The second-order valence-corrected chi connectivity index (χ2v) is 27.0. The molecule has 3 nitrogen and oxygen atoms in total. The summed E-state index contributed by atoms with van der Waals surface area (Å²) in [5.74, 6) is 0. The zero-order chi connectivity index (χ0) is 67.2. The minimum absolute atomic E-state index is 0.284. The first-order valence-electron chi connectivity index (χ1n) is 35.3. The molecule has 2 aliphatic rings. The molecule has 0 radical (unpaired) electrons. The molecule has 0 aliphatic carbocycles.